The van der Waals surface area contributed by atoms with E-state index in [0.29, 0.717) is 0 Å². The smallest absolute Gasteiger partial charge is 0.192 e. The summed E-state index contributed by atoms with van der Waals surface area (Å²) in [5, 5.41) is 12.9. The van der Waals surface area contributed by atoms with E-state index in [1.165, 1.54) is 5.56 Å². The summed E-state index contributed by atoms with van der Waals surface area (Å²) >= 11 is 3.33. The van der Waals surface area contributed by atoms with Gasteiger partial charge in [0.05, 0.1) is 17.2 Å². The van der Waals surface area contributed by atoms with Crippen LogP contribution in [0, 0.1) is 6.92 Å². The number of thioether (sulfide) groups is 1. The third-order valence-corrected chi connectivity index (χ3v) is 5.66. The molecule has 4 rings (SSSR count). The molecule has 7 heteroatoms. The SMILES string of the molecule is Cc1nc(CSc2nnc(-c3cccnc3)n2Cc2ccccc2)cs1. The number of pyridine rings is 1. The quantitative estimate of drug-likeness (QED) is 0.463. The van der Waals surface area contributed by atoms with Gasteiger partial charge in [-0.3, -0.25) is 9.55 Å². The average molecular weight is 380 g/mol. The number of hydrogen-bond acceptors (Lipinski definition) is 6. The van der Waals surface area contributed by atoms with E-state index in [9.17, 15) is 0 Å². The molecule has 3 aromatic heterocycles. The number of rotatable bonds is 6. The standard InChI is InChI=1S/C19H17N5S2/c1-14-21-17(12-25-14)13-26-19-23-22-18(16-8-5-9-20-10-16)24(19)11-15-6-3-2-4-7-15/h2-10,12H,11,13H2,1H3. The summed E-state index contributed by atoms with van der Waals surface area (Å²) in [5.41, 5.74) is 3.26. The van der Waals surface area contributed by atoms with Crippen LogP contribution in [0.3, 0.4) is 0 Å². The molecule has 0 N–H and O–H groups in total. The lowest BCUT2D eigenvalue weighted by atomic mass is 10.2. The minimum Gasteiger partial charge on any atom is -0.297 e. The van der Waals surface area contributed by atoms with Crippen LogP contribution in [0.25, 0.3) is 11.4 Å². The van der Waals surface area contributed by atoms with Crippen LogP contribution < -0.4 is 0 Å². The van der Waals surface area contributed by atoms with E-state index in [1.54, 1.807) is 29.3 Å². The Hall–Kier alpha value is -2.51. The van der Waals surface area contributed by atoms with Crippen LogP contribution in [0.2, 0.25) is 0 Å². The zero-order valence-electron chi connectivity index (χ0n) is 14.2. The average Bonchev–Trinajstić information content (AvgIpc) is 3.28. The number of nitrogens with zero attached hydrogens (tertiary/aromatic N) is 5. The number of thiazole rings is 1. The van der Waals surface area contributed by atoms with Gasteiger partial charge >= 0.3 is 0 Å². The van der Waals surface area contributed by atoms with Crippen molar-refractivity contribution in [3.8, 4) is 11.4 Å². The largest absolute Gasteiger partial charge is 0.297 e. The molecule has 0 aliphatic heterocycles. The van der Waals surface area contributed by atoms with Gasteiger partial charge in [0.15, 0.2) is 11.0 Å². The van der Waals surface area contributed by atoms with E-state index in [4.69, 9.17) is 0 Å². The second-order valence-corrected chi connectivity index (χ2v) is 7.77. The Morgan fingerprint density at radius 2 is 1.96 bits per heavy atom. The normalized spacial score (nSPS) is 11.0. The maximum Gasteiger partial charge on any atom is 0.192 e. The van der Waals surface area contributed by atoms with Gasteiger partial charge in [-0.05, 0) is 24.6 Å². The van der Waals surface area contributed by atoms with Crippen molar-refractivity contribution in [2.75, 3.05) is 0 Å². The number of aryl methyl sites for hydroxylation is 1. The van der Waals surface area contributed by atoms with Crippen molar-refractivity contribution in [1.29, 1.82) is 0 Å². The Balaban J connectivity index is 1.65. The molecule has 0 fully saturated rings. The number of benzene rings is 1. The Bertz CT molecular complexity index is 980. The lowest BCUT2D eigenvalue weighted by molar-refractivity contribution is 0.714. The Morgan fingerprint density at radius 1 is 1.08 bits per heavy atom. The van der Waals surface area contributed by atoms with Gasteiger partial charge in [0.25, 0.3) is 0 Å². The molecule has 0 amide bonds. The van der Waals surface area contributed by atoms with Crippen molar-refractivity contribution in [2.24, 2.45) is 0 Å². The second-order valence-electron chi connectivity index (χ2n) is 5.77. The molecule has 0 unspecified atom stereocenters. The molecular formula is C19H17N5S2. The highest BCUT2D eigenvalue weighted by molar-refractivity contribution is 7.98. The van der Waals surface area contributed by atoms with Gasteiger partial charge in [0.2, 0.25) is 0 Å². The Kier molecular flexibility index (Phi) is 5.08. The second kappa shape index (κ2) is 7.80. The van der Waals surface area contributed by atoms with Crippen LogP contribution in [0.15, 0.2) is 65.4 Å². The lowest BCUT2D eigenvalue weighted by Gasteiger charge is -2.10. The summed E-state index contributed by atoms with van der Waals surface area (Å²) in [5.74, 6) is 1.61. The summed E-state index contributed by atoms with van der Waals surface area (Å²) in [7, 11) is 0. The van der Waals surface area contributed by atoms with Crippen LogP contribution in [-0.2, 0) is 12.3 Å². The van der Waals surface area contributed by atoms with E-state index >= 15 is 0 Å². The van der Waals surface area contributed by atoms with Crippen LogP contribution in [-0.4, -0.2) is 24.7 Å². The van der Waals surface area contributed by atoms with Gasteiger partial charge in [-0.15, -0.1) is 21.5 Å². The van der Waals surface area contributed by atoms with Crippen LogP contribution >= 0.6 is 23.1 Å². The molecule has 130 valence electrons. The summed E-state index contributed by atoms with van der Waals surface area (Å²) in [6, 6.07) is 14.3. The van der Waals surface area contributed by atoms with Gasteiger partial charge in [-0.25, -0.2) is 4.98 Å². The molecule has 5 nitrogen and oxygen atoms in total. The van der Waals surface area contributed by atoms with E-state index < -0.39 is 0 Å². The van der Waals surface area contributed by atoms with Crippen molar-refractivity contribution in [3.05, 3.63) is 76.5 Å². The molecule has 26 heavy (non-hydrogen) atoms. The fourth-order valence-electron chi connectivity index (χ4n) is 2.63. The van der Waals surface area contributed by atoms with Crippen molar-refractivity contribution in [2.45, 2.75) is 24.4 Å². The first kappa shape index (κ1) is 16.9. The third kappa shape index (κ3) is 3.84. The number of aromatic nitrogens is 5. The molecule has 0 atom stereocenters. The maximum atomic E-state index is 4.53. The molecule has 0 aliphatic rings. The Morgan fingerprint density at radius 3 is 2.69 bits per heavy atom. The van der Waals surface area contributed by atoms with Crippen molar-refractivity contribution in [3.63, 3.8) is 0 Å². The fourth-order valence-corrected chi connectivity index (χ4v) is 4.17. The summed E-state index contributed by atoms with van der Waals surface area (Å²) < 4.78 is 2.15. The molecule has 0 saturated heterocycles. The van der Waals surface area contributed by atoms with Crippen molar-refractivity contribution >= 4 is 23.1 Å². The van der Waals surface area contributed by atoms with E-state index in [0.717, 1.165) is 39.5 Å². The van der Waals surface area contributed by atoms with Crippen molar-refractivity contribution in [1.82, 2.24) is 24.7 Å². The fraction of sp³-hybridized carbons (Fsp3) is 0.158. The zero-order chi connectivity index (χ0) is 17.8. The minimum atomic E-state index is 0.719. The first-order valence-corrected chi connectivity index (χ1v) is 10.1. The van der Waals surface area contributed by atoms with Gasteiger partial charge in [0, 0.05) is 29.1 Å². The first-order chi connectivity index (χ1) is 12.8. The predicted octanol–water partition coefficient (Wildman–Crippen LogP) is 4.45. The molecule has 3 heterocycles. The van der Waals surface area contributed by atoms with Crippen molar-refractivity contribution < 1.29 is 0 Å². The van der Waals surface area contributed by atoms with Gasteiger partial charge < -0.3 is 0 Å². The summed E-state index contributed by atoms with van der Waals surface area (Å²) in [6.45, 7) is 2.74. The van der Waals surface area contributed by atoms with E-state index in [-0.39, 0.29) is 0 Å². The molecule has 0 radical (unpaired) electrons. The predicted molar refractivity (Wildman–Crippen MR) is 105 cm³/mol. The molecular weight excluding hydrogens is 362 g/mol. The van der Waals surface area contributed by atoms with Gasteiger partial charge in [-0.2, -0.15) is 0 Å². The molecule has 4 aromatic rings. The molecule has 0 bridgehead atoms. The highest BCUT2D eigenvalue weighted by atomic mass is 32.2. The van der Waals surface area contributed by atoms with Crippen LogP contribution in [0.4, 0.5) is 0 Å². The molecule has 1 aromatic carbocycles. The monoisotopic (exact) mass is 379 g/mol. The summed E-state index contributed by atoms with van der Waals surface area (Å²) in [4.78, 5) is 8.75. The Labute approximate surface area is 160 Å². The van der Waals surface area contributed by atoms with Crippen LogP contribution in [0.1, 0.15) is 16.3 Å². The first-order valence-electron chi connectivity index (χ1n) is 8.21. The highest BCUT2D eigenvalue weighted by Gasteiger charge is 2.15. The lowest BCUT2D eigenvalue weighted by Crippen LogP contribution is -2.04. The van der Waals surface area contributed by atoms with Gasteiger partial charge in [0.1, 0.15) is 0 Å². The topological polar surface area (TPSA) is 56.5 Å². The summed E-state index contributed by atoms with van der Waals surface area (Å²) in [6.07, 6.45) is 3.59. The van der Waals surface area contributed by atoms with E-state index in [2.05, 4.69) is 42.2 Å². The highest BCUT2D eigenvalue weighted by Crippen LogP contribution is 2.27. The number of hydrogen-bond donors (Lipinski definition) is 0. The molecule has 0 aliphatic carbocycles. The van der Waals surface area contributed by atoms with E-state index in [1.807, 2.05) is 43.5 Å². The zero-order valence-corrected chi connectivity index (χ0v) is 15.9. The van der Waals surface area contributed by atoms with Crippen LogP contribution in [0.5, 0.6) is 0 Å². The maximum absolute atomic E-state index is 4.53. The van der Waals surface area contributed by atoms with Gasteiger partial charge in [-0.1, -0.05) is 42.1 Å². The molecule has 0 saturated carbocycles. The molecule has 0 spiro atoms. The third-order valence-electron chi connectivity index (χ3n) is 3.84. The minimum absolute atomic E-state index is 0.719.